The van der Waals surface area contributed by atoms with Crippen LogP contribution in [0.3, 0.4) is 0 Å². The highest BCUT2D eigenvalue weighted by Crippen LogP contribution is 2.26. The Hall–Kier alpha value is -2.70. The van der Waals surface area contributed by atoms with E-state index in [4.69, 9.17) is 4.74 Å². The Balaban J connectivity index is 2.21. The number of amides is 1. The molecule has 0 atom stereocenters. The maximum Gasteiger partial charge on any atom is 0.255 e. The highest BCUT2D eigenvalue weighted by molar-refractivity contribution is 6.04. The van der Waals surface area contributed by atoms with Crippen molar-refractivity contribution in [3.8, 4) is 11.5 Å². The van der Waals surface area contributed by atoms with Gasteiger partial charge in [0, 0.05) is 5.56 Å². The standard InChI is InChI=1S/C13H10F2N2O3/c1-20-10-4-2-7(6-9(10)18)13(19)16-8-3-5-11(14)17-12(8)15/h2-6,18H,1H3,(H,16,19). The number of nitrogens with one attached hydrogen (secondary N) is 1. The summed E-state index contributed by atoms with van der Waals surface area (Å²) in [6.07, 6.45) is 0. The third-order valence-corrected chi connectivity index (χ3v) is 2.50. The number of hydrogen-bond acceptors (Lipinski definition) is 4. The van der Waals surface area contributed by atoms with Crippen LogP contribution in [0.2, 0.25) is 0 Å². The quantitative estimate of drug-likeness (QED) is 0.846. The first kappa shape index (κ1) is 13.7. The number of phenols is 1. The average molecular weight is 280 g/mol. The van der Waals surface area contributed by atoms with Crippen LogP contribution in [0.5, 0.6) is 11.5 Å². The number of ether oxygens (including phenoxy) is 1. The first-order chi connectivity index (χ1) is 9.51. The molecule has 1 aromatic carbocycles. The Labute approximate surface area is 112 Å². The van der Waals surface area contributed by atoms with Crippen LogP contribution in [0.15, 0.2) is 30.3 Å². The lowest BCUT2D eigenvalue weighted by Gasteiger charge is -2.08. The number of nitrogens with zero attached hydrogens (tertiary/aromatic N) is 1. The highest BCUT2D eigenvalue weighted by Gasteiger charge is 2.13. The molecule has 1 aromatic heterocycles. The molecule has 1 amide bonds. The molecule has 20 heavy (non-hydrogen) atoms. The lowest BCUT2D eigenvalue weighted by atomic mass is 10.2. The predicted octanol–water partition coefficient (Wildman–Crippen LogP) is 2.33. The van der Waals surface area contributed by atoms with E-state index in [1.807, 2.05) is 0 Å². The van der Waals surface area contributed by atoms with Crippen molar-refractivity contribution in [2.24, 2.45) is 0 Å². The van der Waals surface area contributed by atoms with Gasteiger partial charge in [0.25, 0.3) is 5.91 Å². The van der Waals surface area contributed by atoms with Gasteiger partial charge in [-0.1, -0.05) is 0 Å². The van der Waals surface area contributed by atoms with Crippen molar-refractivity contribution < 1.29 is 23.4 Å². The molecule has 2 rings (SSSR count). The minimum Gasteiger partial charge on any atom is -0.504 e. The number of carbonyl (C=O) groups is 1. The fourth-order valence-corrected chi connectivity index (χ4v) is 1.53. The zero-order chi connectivity index (χ0) is 14.7. The van der Waals surface area contributed by atoms with Crippen LogP contribution in [-0.4, -0.2) is 23.1 Å². The molecule has 1 heterocycles. The third kappa shape index (κ3) is 2.82. The molecule has 7 heteroatoms. The minimum atomic E-state index is -1.13. The Morgan fingerprint density at radius 3 is 2.65 bits per heavy atom. The zero-order valence-electron chi connectivity index (χ0n) is 10.4. The number of aromatic hydroxyl groups is 1. The summed E-state index contributed by atoms with van der Waals surface area (Å²) in [6.45, 7) is 0. The lowest BCUT2D eigenvalue weighted by Crippen LogP contribution is -2.13. The Kier molecular flexibility index (Phi) is 3.79. The van der Waals surface area contributed by atoms with Crippen molar-refractivity contribution >= 4 is 11.6 Å². The van der Waals surface area contributed by atoms with Crippen molar-refractivity contribution in [2.45, 2.75) is 0 Å². The Morgan fingerprint density at radius 2 is 2.05 bits per heavy atom. The molecule has 0 spiro atoms. The van der Waals surface area contributed by atoms with Gasteiger partial charge in [-0.15, -0.1) is 0 Å². The average Bonchev–Trinajstić information content (AvgIpc) is 2.41. The second-order valence-electron chi connectivity index (χ2n) is 3.81. The number of methoxy groups -OCH3 is 1. The van der Waals surface area contributed by atoms with Crippen LogP contribution < -0.4 is 10.1 Å². The van der Waals surface area contributed by atoms with Gasteiger partial charge in [0.15, 0.2) is 11.5 Å². The molecule has 0 saturated heterocycles. The van der Waals surface area contributed by atoms with Crippen molar-refractivity contribution in [3.05, 3.63) is 47.8 Å². The number of hydrogen-bond donors (Lipinski definition) is 2. The predicted molar refractivity (Wildman–Crippen MR) is 66.8 cm³/mol. The van der Waals surface area contributed by atoms with Crippen molar-refractivity contribution in [1.29, 1.82) is 0 Å². The van der Waals surface area contributed by atoms with E-state index in [-0.39, 0.29) is 22.7 Å². The molecule has 0 fully saturated rings. The van der Waals surface area contributed by atoms with Crippen LogP contribution in [0.4, 0.5) is 14.5 Å². The van der Waals surface area contributed by atoms with Crippen molar-refractivity contribution in [2.75, 3.05) is 12.4 Å². The fraction of sp³-hybridized carbons (Fsp3) is 0.0769. The highest BCUT2D eigenvalue weighted by atomic mass is 19.1. The summed E-state index contributed by atoms with van der Waals surface area (Å²) in [6, 6.07) is 5.93. The molecule has 5 nitrogen and oxygen atoms in total. The summed E-state index contributed by atoms with van der Waals surface area (Å²) in [5.74, 6) is -2.80. The Bertz CT molecular complexity index is 662. The van der Waals surface area contributed by atoms with Crippen LogP contribution >= 0.6 is 0 Å². The minimum absolute atomic E-state index is 0.0898. The zero-order valence-corrected chi connectivity index (χ0v) is 10.4. The largest absolute Gasteiger partial charge is 0.504 e. The van der Waals surface area contributed by atoms with Gasteiger partial charge in [0.2, 0.25) is 11.9 Å². The monoisotopic (exact) mass is 280 g/mol. The first-order valence-electron chi connectivity index (χ1n) is 5.51. The second-order valence-corrected chi connectivity index (χ2v) is 3.81. The van der Waals surface area contributed by atoms with Crippen LogP contribution in [-0.2, 0) is 0 Å². The van der Waals surface area contributed by atoms with Gasteiger partial charge in [0.05, 0.1) is 12.8 Å². The van der Waals surface area contributed by atoms with Gasteiger partial charge in [-0.05, 0) is 30.3 Å². The topological polar surface area (TPSA) is 71.5 Å². The molecule has 0 unspecified atom stereocenters. The molecule has 104 valence electrons. The van der Waals surface area contributed by atoms with E-state index < -0.39 is 17.8 Å². The Morgan fingerprint density at radius 1 is 1.30 bits per heavy atom. The molecular weight excluding hydrogens is 270 g/mol. The van der Waals surface area contributed by atoms with E-state index in [1.165, 1.54) is 25.3 Å². The lowest BCUT2D eigenvalue weighted by molar-refractivity contribution is 0.102. The molecule has 0 aliphatic rings. The van der Waals surface area contributed by atoms with Crippen LogP contribution in [0.1, 0.15) is 10.4 Å². The van der Waals surface area contributed by atoms with Gasteiger partial charge in [0.1, 0.15) is 0 Å². The number of benzene rings is 1. The maximum absolute atomic E-state index is 13.3. The van der Waals surface area contributed by atoms with Crippen molar-refractivity contribution in [1.82, 2.24) is 4.98 Å². The van der Waals surface area contributed by atoms with E-state index in [1.54, 1.807) is 0 Å². The normalized spacial score (nSPS) is 10.2. The summed E-state index contributed by atoms with van der Waals surface area (Å²) >= 11 is 0. The molecule has 0 aliphatic carbocycles. The fourth-order valence-electron chi connectivity index (χ4n) is 1.53. The van der Waals surface area contributed by atoms with Gasteiger partial charge in [-0.25, -0.2) is 0 Å². The molecule has 0 saturated carbocycles. The third-order valence-electron chi connectivity index (χ3n) is 2.50. The summed E-state index contributed by atoms with van der Waals surface area (Å²) in [5, 5.41) is 11.8. The summed E-state index contributed by atoms with van der Waals surface area (Å²) in [7, 11) is 1.37. The van der Waals surface area contributed by atoms with Gasteiger partial charge in [-0.3, -0.25) is 4.79 Å². The molecule has 2 aromatic rings. The summed E-state index contributed by atoms with van der Waals surface area (Å²) < 4.78 is 30.8. The molecule has 0 radical (unpaired) electrons. The van der Waals surface area contributed by atoms with E-state index in [2.05, 4.69) is 10.3 Å². The molecule has 0 aliphatic heterocycles. The number of anilines is 1. The first-order valence-corrected chi connectivity index (χ1v) is 5.51. The number of halogens is 2. The van der Waals surface area contributed by atoms with E-state index in [0.29, 0.717) is 0 Å². The number of aromatic nitrogens is 1. The van der Waals surface area contributed by atoms with Gasteiger partial charge >= 0.3 is 0 Å². The smallest absolute Gasteiger partial charge is 0.255 e. The maximum atomic E-state index is 13.3. The number of phenolic OH excluding ortho intramolecular Hbond substituents is 1. The van der Waals surface area contributed by atoms with Crippen molar-refractivity contribution in [3.63, 3.8) is 0 Å². The van der Waals surface area contributed by atoms with Crippen LogP contribution in [0, 0.1) is 11.9 Å². The van der Waals surface area contributed by atoms with E-state index in [0.717, 1.165) is 12.1 Å². The van der Waals surface area contributed by atoms with E-state index in [9.17, 15) is 18.7 Å². The van der Waals surface area contributed by atoms with Gasteiger partial charge < -0.3 is 15.2 Å². The number of pyridine rings is 1. The second kappa shape index (κ2) is 5.52. The van der Waals surface area contributed by atoms with E-state index >= 15 is 0 Å². The summed E-state index contributed by atoms with van der Waals surface area (Å²) in [5.41, 5.74) is -0.168. The van der Waals surface area contributed by atoms with Gasteiger partial charge in [-0.2, -0.15) is 13.8 Å². The molecular formula is C13H10F2N2O3. The summed E-state index contributed by atoms with van der Waals surface area (Å²) in [4.78, 5) is 14.8. The molecule has 0 bridgehead atoms. The molecule has 2 N–H and O–H groups in total. The van der Waals surface area contributed by atoms with Crippen LogP contribution in [0.25, 0.3) is 0 Å². The number of rotatable bonds is 3. The number of carbonyl (C=O) groups excluding carboxylic acids is 1. The SMILES string of the molecule is COc1ccc(C(=O)Nc2ccc(F)nc2F)cc1O.